The van der Waals surface area contributed by atoms with Gasteiger partial charge in [-0.1, -0.05) is 62.3 Å². The Bertz CT molecular complexity index is 2090. The first-order valence-corrected chi connectivity index (χ1v) is 30.7. The van der Waals surface area contributed by atoms with Crippen LogP contribution in [0.2, 0.25) is 0 Å². The molecular formula is C65H110O11. The molecule has 0 amide bonds. The molecular weight excluding hydrogens is 957 g/mol. The molecule has 0 spiro atoms. The van der Waals surface area contributed by atoms with Gasteiger partial charge in [0.05, 0.1) is 33.2 Å². The van der Waals surface area contributed by atoms with Crippen LogP contribution >= 0.6 is 0 Å². The van der Waals surface area contributed by atoms with E-state index in [1.807, 2.05) is 76.2 Å². The SMILES string of the molecule is CCC(C)(C)C(=O)OC1(C(C)(C)C)CCCC1.CCC(C)(C)C(=O)OC1(C(C)C)CC2CC1C1C3CCC(C3)C21.CCC(C)(C)C(=O)OC1(C)C(C)OC(=O)C1C.CCC(C)(C)C(=O)OC12CC3CC(CC(O)(C3)C1)C2. The van der Waals surface area contributed by atoms with Gasteiger partial charge in [0, 0.05) is 17.8 Å². The number of esters is 5. The highest BCUT2D eigenvalue weighted by atomic mass is 16.6. The summed E-state index contributed by atoms with van der Waals surface area (Å²) in [6, 6.07) is 0. The van der Waals surface area contributed by atoms with Crippen LogP contribution in [0.5, 0.6) is 0 Å². The molecule has 12 atom stereocenters. The first-order chi connectivity index (χ1) is 34.9. The third-order valence-electron chi connectivity index (χ3n) is 22.8. The van der Waals surface area contributed by atoms with Crippen molar-refractivity contribution in [2.24, 2.45) is 86.3 Å². The quantitative estimate of drug-likeness (QED) is 0.107. The minimum Gasteiger partial charge on any atom is -0.459 e. The topological polar surface area (TPSA) is 152 Å². The van der Waals surface area contributed by atoms with E-state index in [4.69, 9.17) is 23.7 Å². The van der Waals surface area contributed by atoms with Gasteiger partial charge in [0.2, 0.25) is 0 Å². The normalized spacial score (nSPS) is 37.5. The zero-order chi connectivity index (χ0) is 57.2. The van der Waals surface area contributed by atoms with Crippen LogP contribution in [0.3, 0.4) is 0 Å². The lowest BCUT2D eigenvalue weighted by Gasteiger charge is -2.59. The number of fused-ring (bicyclic) bond motifs is 9. The molecule has 0 aromatic carbocycles. The predicted octanol–water partition coefficient (Wildman–Crippen LogP) is 14.7. The van der Waals surface area contributed by atoms with Crippen LogP contribution in [-0.4, -0.2) is 69.1 Å². The van der Waals surface area contributed by atoms with Crippen LogP contribution in [0.1, 0.15) is 260 Å². The molecule has 11 nitrogen and oxygen atoms in total. The maximum atomic E-state index is 12.9. The van der Waals surface area contributed by atoms with Crippen LogP contribution in [0.15, 0.2) is 0 Å². The van der Waals surface area contributed by atoms with E-state index in [1.165, 1.54) is 44.9 Å². The van der Waals surface area contributed by atoms with Gasteiger partial charge in [0.15, 0.2) is 5.60 Å². The second-order valence-electron chi connectivity index (χ2n) is 30.7. The molecule has 9 aliphatic carbocycles. The summed E-state index contributed by atoms with van der Waals surface area (Å²) in [5.74, 6) is 5.75. The zero-order valence-corrected chi connectivity index (χ0v) is 51.8. The van der Waals surface area contributed by atoms with E-state index >= 15 is 0 Å². The van der Waals surface area contributed by atoms with Gasteiger partial charge < -0.3 is 28.8 Å². The van der Waals surface area contributed by atoms with Gasteiger partial charge in [-0.3, -0.25) is 24.0 Å². The smallest absolute Gasteiger partial charge is 0.313 e. The van der Waals surface area contributed by atoms with E-state index in [2.05, 4.69) is 41.5 Å². The van der Waals surface area contributed by atoms with Crippen LogP contribution in [0, 0.1) is 86.3 Å². The molecule has 9 saturated carbocycles. The number of cyclic esters (lactones) is 1. The molecule has 436 valence electrons. The molecule has 0 aromatic rings. The monoisotopic (exact) mass is 1070 g/mol. The molecule has 1 heterocycles. The molecule has 10 aliphatic rings. The summed E-state index contributed by atoms with van der Waals surface area (Å²) in [6.45, 7) is 40.1. The molecule has 1 N–H and O–H groups in total. The van der Waals surface area contributed by atoms with Crippen molar-refractivity contribution in [1.82, 2.24) is 0 Å². The summed E-state index contributed by atoms with van der Waals surface area (Å²) in [5.41, 5.74) is -3.80. The van der Waals surface area contributed by atoms with Gasteiger partial charge in [-0.2, -0.15) is 0 Å². The van der Waals surface area contributed by atoms with Crippen LogP contribution in [-0.2, 0) is 47.7 Å². The molecule has 12 unspecified atom stereocenters. The van der Waals surface area contributed by atoms with E-state index in [0.29, 0.717) is 36.5 Å². The summed E-state index contributed by atoms with van der Waals surface area (Å²) < 4.78 is 29.1. The molecule has 1 saturated heterocycles. The molecule has 1 aliphatic heterocycles. The average Bonchev–Trinajstić information content (AvgIpc) is 4.20. The van der Waals surface area contributed by atoms with Crippen molar-refractivity contribution in [1.29, 1.82) is 0 Å². The Balaban J connectivity index is 0.000000166. The lowest BCUT2D eigenvalue weighted by Crippen LogP contribution is -2.61. The highest BCUT2D eigenvalue weighted by molar-refractivity contribution is 5.80. The van der Waals surface area contributed by atoms with Crippen molar-refractivity contribution in [2.75, 3.05) is 0 Å². The second kappa shape index (κ2) is 22.0. The van der Waals surface area contributed by atoms with Crippen molar-refractivity contribution in [3.8, 4) is 0 Å². The lowest BCUT2D eigenvalue weighted by molar-refractivity contribution is -0.225. The first kappa shape index (κ1) is 62.5. The number of rotatable bonds is 13. The summed E-state index contributed by atoms with van der Waals surface area (Å²) in [6.07, 6.45) is 19.7. The van der Waals surface area contributed by atoms with Crippen LogP contribution < -0.4 is 0 Å². The fraction of sp³-hybridized carbons (Fsp3) is 0.923. The maximum Gasteiger partial charge on any atom is 0.313 e. The van der Waals surface area contributed by atoms with Gasteiger partial charge in [-0.05, 0) is 239 Å². The fourth-order valence-corrected chi connectivity index (χ4v) is 15.8. The Morgan fingerprint density at radius 3 is 1.47 bits per heavy atom. The summed E-state index contributed by atoms with van der Waals surface area (Å²) in [5, 5.41) is 10.6. The van der Waals surface area contributed by atoms with Crippen molar-refractivity contribution in [3.05, 3.63) is 0 Å². The largest absolute Gasteiger partial charge is 0.459 e. The van der Waals surface area contributed by atoms with E-state index in [-0.39, 0.29) is 62.9 Å². The standard InChI is InChI=1S/C21H34O2.C16H26O3.C15H28O2.C13H22O4/c1-6-20(4,5)19(22)23-21(12(2)3)11-15-10-16(21)18-14-8-7-13(9-14)17(15)18;1-4-14(2,3)13(17)19-16-8-11-5-12(9-16)7-15(18,6-11)10-16;1-7-14(5,6)12(16)17-15(13(2,3)4)10-8-9-11-15;1-7-12(4,5)11(15)17-13(6)8(2)10(14)16-9(13)3/h12-18H,6-11H2,1-5H3;11-12,18H,4-10H2,1-3H3;7-11H2,1-6H3;8-9H,7H2,1-6H3. The highest BCUT2D eigenvalue weighted by Crippen LogP contribution is 2.71. The van der Waals surface area contributed by atoms with Gasteiger partial charge in [-0.25, -0.2) is 0 Å². The van der Waals surface area contributed by atoms with Crippen molar-refractivity contribution in [3.63, 3.8) is 0 Å². The second-order valence-corrected chi connectivity index (χ2v) is 30.7. The average molecular weight is 1070 g/mol. The Morgan fingerprint density at radius 2 is 1.05 bits per heavy atom. The third-order valence-corrected chi connectivity index (χ3v) is 22.8. The van der Waals surface area contributed by atoms with E-state index in [0.717, 1.165) is 93.8 Å². The molecule has 0 radical (unpaired) electrons. The molecule has 10 fully saturated rings. The number of carbonyl (C=O) groups excluding carboxylic acids is 5. The molecule has 0 aromatic heterocycles. The maximum absolute atomic E-state index is 12.9. The van der Waals surface area contributed by atoms with Crippen molar-refractivity contribution in [2.45, 2.75) is 295 Å². The molecule has 10 rings (SSSR count). The molecule has 11 heteroatoms. The predicted molar refractivity (Wildman–Crippen MR) is 298 cm³/mol. The van der Waals surface area contributed by atoms with E-state index < -0.39 is 34.1 Å². The van der Waals surface area contributed by atoms with E-state index in [9.17, 15) is 29.1 Å². The van der Waals surface area contributed by atoms with E-state index in [1.54, 1.807) is 20.8 Å². The minimum absolute atomic E-state index is 0.0307. The summed E-state index contributed by atoms with van der Waals surface area (Å²) >= 11 is 0. The Kier molecular flexibility index (Phi) is 18.1. The number of hydrogen-bond donors (Lipinski definition) is 1. The number of carbonyl (C=O) groups is 5. The third kappa shape index (κ3) is 12.0. The highest BCUT2D eigenvalue weighted by Gasteiger charge is 2.69. The van der Waals surface area contributed by atoms with Gasteiger partial charge in [0.1, 0.15) is 22.9 Å². The zero-order valence-electron chi connectivity index (χ0n) is 51.8. The van der Waals surface area contributed by atoms with Crippen LogP contribution in [0.4, 0.5) is 0 Å². The van der Waals surface area contributed by atoms with Crippen molar-refractivity contribution < 1.29 is 52.8 Å². The Hall–Kier alpha value is -2.69. The number of hydrogen-bond acceptors (Lipinski definition) is 11. The molecule has 8 bridgehead atoms. The summed E-state index contributed by atoms with van der Waals surface area (Å²) in [4.78, 5) is 61.1. The van der Waals surface area contributed by atoms with Crippen LogP contribution in [0.25, 0.3) is 0 Å². The van der Waals surface area contributed by atoms with Gasteiger partial charge in [0.25, 0.3) is 0 Å². The Morgan fingerprint density at radius 1 is 0.605 bits per heavy atom. The van der Waals surface area contributed by atoms with Gasteiger partial charge >= 0.3 is 29.8 Å². The minimum atomic E-state index is -0.861. The number of aliphatic hydroxyl groups is 1. The van der Waals surface area contributed by atoms with Crippen molar-refractivity contribution >= 4 is 29.8 Å². The molecule has 76 heavy (non-hydrogen) atoms. The lowest BCUT2D eigenvalue weighted by atomic mass is 9.52. The van der Waals surface area contributed by atoms with Gasteiger partial charge in [-0.15, -0.1) is 0 Å². The fourth-order valence-electron chi connectivity index (χ4n) is 15.8. The first-order valence-electron chi connectivity index (χ1n) is 30.7. The number of ether oxygens (including phenoxy) is 5. The Labute approximate surface area is 461 Å². The summed E-state index contributed by atoms with van der Waals surface area (Å²) in [7, 11) is 0.